The van der Waals surface area contributed by atoms with E-state index in [2.05, 4.69) is 15.5 Å². The van der Waals surface area contributed by atoms with E-state index in [9.17, 15) is 14.9 Å². The molecule has 0 fully saturated rings. The van der Waals surface area contributed by atoms with Gasteiger partial charge in [0.25, 0.3) is 5.91 Å². The summed E-state index contributed by atoms with van der Waals surface area (Å²) in [6, 6.07) is 7.34. The van der Waals surface area contributed by atoms with Crippen LogP contribution in [0.15, 0.2) is 42.9 Å². The van der Waals surface area contributed by atoms with Gasteiger partial charge in [-0.3, -0.25) is 19.6 Å². The first kappa shape index (κ1) is 16.4. The normalized spacial score (nSPS) is 10.6. The summed E-state index contributed by atoms with van der Waals surface area (Å²) in [4.78, 5) is 22.5. The Bertz CT molecular complexity index is 943. The van der Waals surface area contributed by atoms with Gasteiger partial charge in [-0.25, -0.2) is 4.68 Å². The summed E-state index contributed by atoms with van der Waals surface area (Å²) in [5.41, 5.74) is 2.97. The molecule has 0 spiro atoms. The van der Waals surface area contributed by atoms with Crippen LogP contribution in [-0.4, -0.2) is 30.4 Å². The molecule has 0 aliphatic heterocycles. The number of benzene rings is 1. The number of aryl methyl sites for hydroxylation is 2. The highest BCUT2D eigenvalue weighted by atomic mass is 16.6. The van der Waals surface area contributed by atoms with Gasteiger partial charge >= 0.3 is 5.69 Å². The number of carbonyl (C=O) groups excluding carboxylic acids is 1. The second kappa shape index (κ2) is 6.56. The summed E-state index contributed by atoms with van der Waals surface area (Å²) in [5, 5.41) is 21.5. The Hall–Kier alpha value is -3.49. The van der Waals surface area contributed by atoms with Gasteiger partial charge in [0.05, 0.1) is 4.92 Å². The molecule has 0 atom stereocenters. The third-order valence-corrected chi connectivity index (χ3v) is 3.62. The van der Waals surface area contributed by atoms with Crippen LogP contribution in [0.4, 0.5) is 11.4 Å². The Labute approximate surface area is 143 Å². The van der Waals surface area contributed by atoms with E-state index < -0.39 is 4.92 Å². The third-order valence-electron chi connectivity index (χ3n) is 3.62. The summed E-state index contributed by atoms with van der Waals surface area (Å²) in [6.07, 6.45) is 4.08. The highest BCUT2D eigenvalue weighted by Crippen LogP contribution is 2.17. The fourth-order valence-electron chi connectivity index (χ4n) is 2.37. The van der Waals surface area contributed by atoms with E-state index in [0.29, 0.717) is 0 Å². The van der Waals surface area contributed by atoms with Crippen LogP contribution in [0.3, 0.4) is 0 Å². The van der Waals surface area contributed by atoms with Gasteiger partial charge in [0.1, 0.15) is 19.1 Å². The van der Waals surface area contributed by atoms with Crippen molar-refractivity contribution in [2.45, 2.75) is 20.5 Å². The van der Waals surface area contributed by atoms with Gasteiger partial charge in [-0.05, 0) is 31.5 Å². The Morgan fingerprint density at radius 2 is 2.08 bits per heavy atom. The predicted octanol–water partition coefficient (Wildman–Crippen LogP) is 2.36. The second-order valence-electron chi connectivity index (χ2n) is 5.65. The number of nitrogens with zero attached hydrogens (tertiary/aromatic N) is 5. The molecule has 3 rings (SSSR count). The number of rotatable bonds is 5. The number of aromatic nitrogens is 4. The molecule has 0 saturated carbocycles. The van der Waals surface area contributed by atoms with E-state index in [-0.39, 0.29) is 24.0 Å². The summed E-state index contributed by atoms with van der Waals surface area (Å²) in [5.74, 6) is -0.322. The van der Waals surface area contributed by atoms with Crippen molar-refractivity contribution in [3.8, 4) is 0 Å². The fourth-order valence-corrected chi connectivity index (χ4v) is 2.37. The van der Waals surface area contributed by atoms with Crippen LogP contribution in [0.25, 0.3) is 0 Å². The third kappa shape index (κ3) is 3.71. The van der Waals surface area contributed by atoms with Crippen molar-refractivity contribution in [3.05, 3.63) is 69.8 Å². The smallest absolute Gasteiger partial charge is 0.307 e. The number of nitrogens with one attached hydrogen (secondary N) is 1. The SMILES string of the molecule is Cc1ccc(NC(=O)c2ccn(Cn3cc([N+](=O)[O-])cn3)n2)c(C)c1. The van der Waals surface area contributed by atoms with Crippen LogP contribution in [0.5, 0.6) is 0 Å². The van der Waals surface area contributed by atoms with Gasteiger partial charge in [-0.2, -0.15) is 10.2 Å². The fraction of sp³-hybridized carbons (Fsp3) is 0.188. The Morgan fingerprint density at radius 3 is 2.76 bits per heavy atom. The maximum Gasteiger partial charge on any atom is 0.307 e. The molecule has 0 radical (unpaired) electrons. The minimum Gasteiger partial charge on any atom is -0.320 e. The van der Waals surface area contributed by atoms with Gasteiger partial charge in [-0.15, -0.1) is 0 Å². The van der Waals surface area contributed by atoms with Gasteiger partial charge in [0.2, 0.25) is 0 Å². The number of hydrogen-bond acceptors (Lipinski definition) is 5. The van der Waals surface area contributed by atoms with Crippen molar-refractivity contribution < 1.29 is 9.72 Å². The lowest BCUT2D eigenvalue weighted by Gasteiger charge is -2.07. The number of hydrogen-bond donors (Lipinski definition) is 1. The van der Waals surface area contributed by atoms with Gasteiger partial charge in [0.15, 0.2) is 5.69 Å². The average molecular weight is 340 g/mol. The van der Waals surface area contributed by atoms with Gasteiger partial charge < -0.3 is 5.32 Å². The summed E-state index contributed by atoms with van der Waals surface area (Å²) in [7, 11) is 0. The largest absolute Gasteiger partial charge is 0.320 e. The molecule has 3 aromatic rings. The maximum atomic E-state index is 12.3. The molecule has 9 heteroatoms. The first-order valence-electron chi connectivity index (χ1n) is 7.51. The molecule has 0 bridgehead atoms. The summed E-state index contributed by atoms with van der Waals surface area (Å²) in [6.45, 7) is 4.08. The molecule has 0 aliphatic rings. The van der Waals surface area contributed by atoms with Crippen molar-refractivity contribution in [1.82, 2.24) is 19.6 Å². The Kier molecular flexibility index (Phi) is 4.29. The van der Waals surface area contributed by atoms with Crippen LogP contribution in [-0.2, 0) is 6.67 Å². The predicted molar refractivity (Wildman–Crippen MR) is 90.4 cm³/mol. The van der Waals surface area contributed by atoms with E-state index in [1.54, 1.807) is 12.3 Å². The first-order chi connectivity index (χ1) is 11.9. The van der Waals surface area contributed by atoms with Crippen LogP contribution < -0.4 is 5.32 Å². The van der Waals surface area contributed by atoms with Crippen LogP contribution >= 0.6 is 0 Å². The molecule has 128 valence electrons. The molecule has 25 heavy (non-hydrogen) atoms. The molecule has 1 N–H and O–H groups in total. The van der Waals surface area contributed by atoms with E-state index in [4.69, 9.17) is 0 Å². The highest BCUT2D eigenvalue weighted by molar-refractivity contribution is 6.03. The van der Waals surface area contributed by atoms with Crippen LogP contribution in [0, 0.1) is 24.0 Å². The zero-order valence-corrected chi connectivity index (χ0v) is 13.7. The van der Waals surface area contributed by atoms with Crippen molar-refractivity contribution in [1.29, 1.82) is 0 Å². The molecule has 1 aromatic carbocycles. The van der Waals surface area contributed by atoms with Crippen molar-refractivity contribution in [2.75, 3.05) is 5.32 Å². The van der Waals surface area contributed by atoms with Gasteiger partial charge in [0, 0.05) is 11.9 Å². The molecule has 0 unspecified atom stereocenters. The highest BCUT2D eigenvalue weighted by Gasteiger charge is 2.13. The van der Waals surface area contributed by atoms with Crippen LogP contribution in [0.2, 0.25) is 0 Å². The van der Waals surface area contributed by atoms with Crippen molar-refractivity contribution >= 4 is 17.3 Å². The lowest BCUT2D eigenvalue weighted by Crippen LogP contribution is -2.15. The molecule has 1 amide bonds. The second-order valence-corrected chi connectivity index (χ2v) is 5.65. The number of amides is 1. The summed E-state index contributed by atoms with van der Waals surface area (Å²) < 4.78 is 2.85. The number of nitro groups is 1. The quantitative estimate of drug-likeness (QED) is 0.566. The van der Waals surface area contributed by atoms with Gasteiger partial charge in [-0.1, -0.05) is 17.7 Å². The molecule has 0 aliphatic carbocycles. The summed E-state index contributed by atoms with van der Waals surface area (Å²) >= 11 is 0. The zero-order chi connectivity index (χ0) is 18.0. The van der Waals surface area contributed by atoms with E-state index in [0.717, 1.165) is 23.0 Å². The molecule has 2 aromatic heterocycles. The first-order valence-corrected chi connectivity index (χ1v) is 7.51. The monoisotopic (exact) mass is 340 g/mol. The minimum absolute atomic E-state index is 0.0973. The molecule has 9 nitrogen and oxygen atoms in total. The lowest BCUT2D eigenvalue weighted by atomic mass is 10.1. The Morgan fingerprint density at radius 1 is 1.28 bits per heavy atom. The topological polar surface area (TPSA) is 108 Å². The average Bonchev–Trinajstić information content (AvgIpc) is 3.20. The van der Waals surface area contributed by atoms with Crippen LogP contribution in [0.1, 0.15) is 21.6 Å². The maximum absolute atomic E-state index is 12.3. The van der Waals surface area contributed by atoms with E-state index in [1.165, 1.54) is 15.6 Å². The van der Waals surface area contributed by atoms with Crippen molar-refractivity contribution in [2.24, 2.45) is 0 Å². The van der Waals surface area contributed by atoms with E-state index in [1.807, 2.05) is 32.0 Å². The van der Waals surface area contributed by atoms with Crippen molar-refractivity contribution in [3.63, 3.8) is 0 Å². The standard InChI is InChI=1S/C16H16N6O3/c1-11-3-4-14(12(2)7-11)18-16(23)15-5-6-20(19-15)10-21-9-13(8-17-21)22(24)25/h3-9H,10H2,1-2H3,(H,18,23). The lowest BCUT2D eigenvalue weighted by molar-refractivity contribution is -0.385. The zero-order valence-electron chi connectivity index (χ0n) is 13.7. The Balaban J connectivity index is 1.69. The molecule has 0 saturated heterocycles. The molecule has 2 heterocycles. The minimum atomic E-state index is -0.518. The molecular weight excluding hydrogens is 324 g/mol. The molecular formula is C16H16N6O3. The number of anilines is 1. The van der Waals surface area contributed by atoms with E-state index >= 15 is 0 Å². The number of carbonyl (C=O) groups is 1.